The van der Waals surface area contributed by atoms with Crippen molar-refractivity contribution >= 4 is 5.97 Å². The summed E-state index contributed by atoms with van der Waals surface area (Å²) in [7, 11) is 0. The third-order valence-corrected chi connectivity index (χ3v) is 0.686. The number of rotatable bonds is 4. The lowest BCUT2D eigenvalue weighted by molar-refractivity contribution is -0.147. The SMILES string of the molecule is [CH2]C(OCCO)C(=O)O. The summed E-state index contributed by atoms with van der Waals surface area (Å²) in [5, 5.41) is 16.3. The van der Waals surface area contributed by atoms with Crippen LogP contribution >= 0.6 is 0 Å². The molecule has 53 valence electrons. The van der Waals surface area contributed by atoms with E-state index in [1.807, 2.05) is 0 Å². The minimum atomic E-state index is -1.12. The van der Waals surface area contributed by atoms with Crippen LogP contribution < -0.4 is 0 Å². The zero-order chi connectivity index (χ0) is 7.28. The molecule has 0 spiro atoms. The first-order valence-corrected chi connectivity index (χ1v) is 2.47. The molecule has 0 aliphatic carbocycles. The Morgan fingerprint density at radius 1 is 1.78 bits per heavy atom. The number of aliphatic hydroxyl groups excluding tert-OH is 1. The van der Waals surface area contributed by atoms with Crippen LogP contribution in [0, 0.1) is 6.92 Å². The summed E-state index contributed by atoms with van der Waals surface area (Å²) in [6.07, 6.45) is -1.07. The van der Waals surface area contributed by atoms with E-state index in [2.05, 4.69) is 11.7 Å². The van der Waals surface area contributed by atoms with E-state index in [1.54, 1.807) is 0 Å². The lowest BCUT2D eigenvalue weighted by Gasteiger charge is -2.04. The summed E-state index contributed by atoms with van der Waals surface area (Å²) in [5.41, 5.74) is 0. The van der Waals surface area contributed by atoms with Crippen molar-refractivity contribution in [3.8, 4) is 0 Å². The van der Waals surface area contributed by atoms with Gasteiger partial charge in [0.1, 0.15) is 0 Å². The highest BCUT2D eigenvalue weighted by Gasteiger charge is 2.09. The summed E-state index contributed by atoms with van der Waals surface area (Å²) in [6.45, 7) is 2.98. The molecule has 1 radical (unpaired) electrons. The highest BCUT2D eigenvalue weighted by atomic mass is 16.5. The second kappa shape index (κ2) is 4.29. The Kier molecular flexibility index (Phi) is 4.00. The Morgan fingerprint density at radius 2 is 2.33 bits per heavy atom. The monoisotopic (exact) mass is 133 g/mol. The van der Waals surface area contributed by atoms with Gasteiger partial charge in [0.15, 0.2) is 6.10 Å². The average molecular weight is 133 g/mol. The Balaban J connectivity index is 3.27. The molecule has 1 atom stereocenters. The lowest BCUT2D eigenvalue weighted by atomic mass is 10.4. The van der Waals surface area contributed by atoms with Gasteiger partial charge in [-0.1, -0.05) is 0 Å². The van der Waals surface area contributed by atoms with Crippen molar-refractivity contribution in [2.24, 2.45) is 0 Å². The van der Waals surface area contributed by atoms with Gasteiger partial charge in [0.2, 0.25) is 0 Å². The molecule has 0 aromatic heterocycles. The summed E-state index contributed by atoms with van der Waals surface area (Å²) in [6, 6.07) is 0. The molecule has 0 aliphatic rings. The molecule has 4 nitrogen and oxygen atoms in total. The smallest absolute Gasteiger partial charge is 0.332 e. The molecule has 0 amide bonds. The lowest BCUT2D eigenvalue weighted by Crippen LogP contribution is -2.21. The van der Waals surface area contributed by atoms with Gasteiger partial charge in [0.25, 0.3) is 0 Å². The molecule has 0 aliphatic heterocycles. The number of aliphatic hydroxyl groups is 1. The molecule has 9 heavy (non-hydrogen) atoms. The van der Waals surface area contributed by atoms with Gasteiger partial charge in [-0.15, -0.1) is 0 Å². The summed E-state index contributed by atoms with van der Waals surface area (Å²) < 4.78 is 4.49. The van der Waals surface area contributed by atoms with Gasteiger partial charge in [-0.3, -0.25) is 0 Å². The van der Waals surface area contributed by atoms with E-state index in [1.165, 1.54) is 0 Å². The molecule has 0 heterocycles. The van der Waals surface area contributed by atoms with Crippen molar-refractivity contribution < 1.29 is 19.7 Å². The molecule has 0 bridgehead atoms. The van der Waals surface area contributed by atoms with Gasteiger partial charge >= 0.3 is 5.97 Å². The number of ether oxygens (including phenoxy) is 1. The second-order valence-electron chi connectivity index (χ2n) is 1.42. The number of carbonyl (C=O) groups is 1. The zero-order valence-corrected chi connectivity index (χ0v) is 4.91. The van der Waals surface area contributed by atoms with Crippen molar-refractivity contribution in [1.82, 2.24) is 0 Å². The van der Waals surface area contributed by atoms with Gasteiger partial charge in [-0.05, 0) is 6.92 Å². The molecule has 4 heteroatoms. The predicted molar refractivity (Wildman–Crippen MR) is 29.8 cm³/mol. The van der Waals surface area contributed by atoms with Crippen LogP contribution in [0.25, 0.3) is 0 Å². The Labute approximate surface area is 53.1 Å². The number of carboxylic acid groups (broad SMARTS) is 1. The standard InChI is InChI=1S/C5H9O4/c1-4(5(7)8)9-3-2-6/h4,6H,1-3H2,(H,7,8). The minimum Gasteiger partial charge on any atom is -0.479 e. The van der Waals surface area contributed by atoms with Gasteiger partial charge < -0.3 is 14.9 Å². The van der Waals surface area contributed by atoms with Crippen LogP contribution in [0.3, 0.4) is 0 Å². The highest BCUT2D eigenvalue weighted by molar-refractivity contribution is 5.72. The third kappa shape index (κ3) is 3.93. The molecule has 1 unspecified atom stereocenters. The van der Waals surface area contributed by atoms with Crippen molar-refractivity contribution in [2.45, 2.75) is 6.10 Å². The van der Waals surface area contributed by atoms with E-state index in [0.29, 0.717) is 0 Å². The van der Waals surface area contributed by atoms with Crippen LogP contribution in [-0.4, -0.2) is 35.5 Å². The van der Waals surface area contributed by atoms with Gasteiger partial charge in [-0.25, -0.2) is 4.79 Å². The van der Waals surface area contributed by atoms with Crippen molar-refractivity contribution in [3.63, 3.8) is 0 Å². The largest absolute Gasteiger partial charge is 0.479 e. The Bertz CT molecular complexity index is 91.0. The topological polar surface area (TPSA) is 66.8 Å². The first-order valence-electron chi connectivity index (χ1n) is 2.47. The normalized spacial score (nSPS) is 13.1. The minimum absolute atomic E-state index is 0.0144. The first kappa shape index (κ1) is 8.39. The van der Waals surface area contributed by atoms with Crippen LogP contribution in [0.15, 0.2) is 0 Å². The summed E-state index contributed by atoms with van der Waals surface area (Å²) in [5.74, 6) is -1.12. The molecule has 0 rings (SSSR count). The second-order valence-corrected chi connectivity index (χ2v) is 1.42. The van der Waals surface area contributed by atoms with E-state index in [9.17, 15) is 4.79 Å². The summed E-state index contributed by atoms with van der Waals surface area (Å²) in [4.78, 5) is 9.94. The molecule has 0 aromatic rings. The number of carboxylic acids is 1. The van der Waals surface area contributed by atoms with Crippen LogP contribution in [0.2, 0.25) is 0 Å². The maximum atomic E-state index is 9.94. The van der Waals surface area contributed by atoms with E-state index < -0.39 is 12.1 Å². The van der Waals surface area contributed by atoms with E-state index >= 15 is 0 Å². The molecular formula is C5H9O4. The van der Waals surface area contributed by atoms with Crippen LogP contribution in [0.5, 0.6) is 0 Å². The molecule has 0 fully saturated rings. The fourth-order valence-corrected chi connectivity index (χ4v) is 0.266. The maximum Gasteiger partial charge on any atom is 0.332 e. The van der Waals surface area contributed by atoms with Crippen molar-refractivity contribution in [2.75, 3.05) is 13.2 Å². The van der Waals surface area contributed by atoms with Crippen LogP contribution in [-0.2, 0) is 9.53 Å². The number of hydrogen-bond acceptors (Lipinski definition) is 3. The fraction of sp³-hybridized carbons (Fsp3) is 0.600. The predicted octanol–water partition coefficient (Wildman–Crippen LogP) is -0.717. The Morgan fingerprint density at radius 3 is 2.67 bits per heavy atom. The first-order chi connectivity index (χ1) is 4.18. The summed E-state index contributed by atoms with van der Waals surface area (Å²) >= 11 is 0. The third-order valence-electron chi connectivity index (χ3n) is 0.686. The van der Waals surface area contributed by atoms with Gasteiger partial charge in [0, 0.05) is 0 Å². The van der Waals surface area contributed by atoms with Crippen molar-refractivity contribution in [3.05, 3.63) is 6.92 Å². The van der Waals surface area contributed by atoms with E-state index in [-0.39, 0.29) is 13.2 Å². The Hall–Kier alpha value is -0.610. The maximum absolute atomic E-state index is 9.94. The molecule has 0 saturated carbocycles. The van der Waals surface area contributed by atoms with E-state index in [0.717, 1.165) is 0 Å². The molecular weight excluding hydrogens is 124 g/mol. The van der Waals surface area contributed by atoms with Crippen LogP contribution in [0.1, 0.15) is 0 Å². The molecule has 2 N–H and O–H groups in total. The molecule has 0 saturated heterocycles. The van der Waals surface area contributed by atoms with Gasteiger partial charge in [0.05, 0.1) is 13.2 Å². The van der Waals surface area contributed by atoms with Crippen molar-refractivity contribution in [1.29, 1.82) is 0 Å². The van der Waals surface area contributed by atoms with Crippen LogP contribution in [0.4, 0.5) is 0 Å². The number of hydrogen-bond donors (Lipinski definition) is 2. The highest BCUT2D eigenvalue weighted by Crippen LogP contribution is 1.87. The number of aliphatic carboxylic acids is 1. The van der Waals surface area contributed by atoms with Gasteiger partial charge in [-0.2, -0.15) is 0 Å². The fourth-order valence-electron chi connectivity index (χ4n) is 0.266. The molecule has 0 aromatic carbocycles. The zero-order valence-electron chi connectivity index (χ0n) is 4.91. The van der Waals surface area contributed by atoms with E-state index in [4.69, 9.17) is 10.2 Å². The quantitative estimate of drug-likeness (QED) is 0.531. The average Bonchev–Trinajstić information content (AvgIpc) is 1.82.